The first kappa shape index (κ1) is 8.57. The number of methoxy groups -OCH3 is 1. The number of ether oxygens (including phenoxy) is 1. The molecule has 0 aliphatic carbocycles. The lowest BCUT2D eigenvalue weighted by Crippen LogP contribution is -2.28. The lowest BCUT2D eigenvalue weighted by molar-refractivity contribution is 0.409. The van der Waals surface area contributed by atoms with Crippen molar-refractivity contribution in [3.05, 3.63) is 29.3 Å². The number of nitrogens with one attached hydrogen (secondary N) is 1. The molecule has 1 heterocycles. The van der Waals surface area contributed by atoms with Crippen LogP contribution in [0.5, 0.6) is 5.75 Å². The summed E-state index contributed by atoms with van der Waals surface area (Å²) >= 11 is 0. The van der Waals surface area contributed by atoms with E-state index in [0.29, 0.717) is 0 Å². The fraction of sp³-hybridized carbons (Fsp3) is 0.455. The zero-order valence-electron chi connectivity index (χ0n) is 8.35. The van der Waals surface area contributed by atoms with Crippen LogP contribution in [0.15, 0.2) is 18.2 Å². The van der Waals surface area contributed by atoms with Gasteiger partial charge in [-0.1, -0.05) is 12.1 Å². The normalized spacial score (nSPS) is 18.4. The summed E-state index contributed by atoms with van der Waals surface area (Å²) in [7, 11) is 1.72. The molecule has 0 amide bonds. The minimum Gasteiger partial charge on any atom is -0.496 e. The van der Waals surface area contributed by atoms with Gasteiger partial charge in [0.05, 0.1) is 7.11 Å². The molecular weight excluding hydrogens is 162 g/mol. The van der Waals surface area contributed by atoms with Crippen molar-refractivity contribution in [1.82, 2.24) is 5.32 Å². The largest absolute Gasteiger partial charge is 0.496 e. The second kappa shape index (κ2) is 2.74. The third-order valence-electron chi connectivity index (χ3n) is 2.73. The molecule has 70 valence electrons. The highest BCUT2D eigenvalue weighted by molar-refractivity contribution is 5.46. The van der Waals surface area contributed by atoms with Crippen LogP contribution >= 0.6 is 0 Å². The third kappa shape index (κ3) is 1.22. The summed E-state index contributed by atoms with van der Waals surface area (Å²) in [5.74, 6) is 0.996. The molecule has 0 unspecified atom stereocenters. The standard InChI is InChI=1S/C11H15NO/c1-11(2)9-5-4-6-10(13-3)8(9)7-12-11/h4-6,12H,7H2,1-3H3. The van der Waals surface area contributed by atoms with Gasteiger partial charge in [-0.25, -0.2) is 0 Å². The van der Waals surface area contributed by atoms with Crippen LogP contribution in [0.2, 0.25) is 0 Å². The second-order valence-corrected chi connectivity index (χ2v) is 3.96. The fourth-order valence-electron chi connectivity index (χ4n) is 1.93. The van der Waals surface area contributed by atoms with E-state index in [4.69, 9.17) is 4.74 Å². The molecule has 0 spiro atoms. The molecule has 2 rings (SSSR count). The van der Waals surface area contributed by atoms with E-state index in [-0.39, 0.29) is 5.54 Å². The zero-order valence-corrected chi connectivity index (χ0v) is 8.35. The Bertz CT molecular complexity index is 331. The van der Waals surface area contributed by atoms with E-state index in [1.54, 1.807) is 7.11 Å². The highest BCUT2D eigenvalue weighted by Gasteiger charge is 2.30. The van der Waals surface area contributed by atoms with E-state index in [2.05, 4.69) is 25.2 Å². The zero-order chi connectivity index (χ0) is 9.47. The summed E-state index contributed by atoms with van der Waals surface area (Å²) < 4.78 is 5.31. The minimum absolute atomic E-state index is 0.0872. The maximum atomic E-state index is 5.31. The van der Waals surface area contributed by atoms with Gasteiger partial charge >= 0.3 is 0 Å². The lowest BCUT2D eigenvalue weighted by Gasteiger charge is -2.19. The van der Waals surface area contributed by atoms with Crippen molar-refractivity contribution in [2.75, 3.05) is 7.11 Å². The van der Waals surface area contributed by atoms with Crippen LogP contribution in [-0.4, -0.2) is 7.11 Å². The number of rotatable bonds is 1. The Labute approximate surface area is 78.9 Å². The average Bonchev–Trinajstić information content (AvgIpc) is 2.43. The van der Waals surface area contributed by atoms with Crippen LogP contribution in [0.25, 0.3) is 0 Å². The van der Waals surface area contributed by atoms with E-state index in [1.165, 1.54) is 11.1 Å². The van der Waals surface area contributed by atoms with Gasteiger partial charge in [0.25, 0.3) is 0 Å². The molecule has 0 atom stereocenters. The van der Waals surface area contributed by atoms with Crippen molar-refractivity contribution in [2.24, 2.45) is 0 Å². The van der Waals surface area contributed by atoms with Crippen LogP contribution in [0.4, 0.5) is 0 Å². The summed E-state index contributed by atoms with van der Waals surface area (Å²) in [6.07, 6.45) is 0. The number of hydrogen-bond donors (Lipinski definition) is 1. The van der Waals surface area contributed by atoms with Gasteiger partial charge in [0.2, 0.25) is 0 Å². The van der Waals surface area contributed by atoms with Crippen LogP contribution in [0, 0.1) is 0 Å². The topological polar surface area (TPSA) is 21.3 Å². The molecule has 1 aliphatic heterocycles. The number of benzene rings is 1. The number of hydrogen-bond acceptors (Lipinski definition) is 2. The van der Waals surface area contributed by atoms with Gasteiger partial charge in [0.1, 0.15) is 5.75 Å². The summed E-state index contributed by atoms with van der Waals surface area (Å²) in [5.41, 5.74) is 2.74. The van der Waals surface area contributed by atoms with Gasteiger partial charge < -0.3 is 10.1 Å². The molecule has 0 fully saturated rings. The Kier molecular flexibility index (Phi) is 1.81. The van der Waals surface area contributed by atoms with Crippen molar-refractivity contribution in [1.29, 1.82) is 0 Å². The van der Waals surface area contributed by atoms with Crippen molar-refractivity contribution >= 4 is 0 Å². The summed E-state index contributed by atoms with van der Waals surface area (Å²) in [6, 6.07) is 6.23. The Morgan fingerprint density at radius 1 is 1.38 bits per heavy atom. The SMILES string of the molecule is COc1cccc2c1CNC2(C)C. The molecule has 1 aromatic carbocycles. The number of fused-ring (bicyclic) bond motifs is 1. The molecule has 2 heteroatoms. The van der Waals surface area contributed by atoms with Gasteiger partial charge in [-0.15, -0.1) is 0 Å². The molecule has 0 saturated heterocycles. The molecule has 1 N–H and O–H groups in total. The molecular formula is C11H15NO. The van der Waals surface area contributed by atoms with E-state index >= 15 is 0 Å². The molecule has 0 saturated carbocycles. The maximum Gasteiger partial charge on any atom is 0.123 e. The Hall–Kier alpha value is -1.02. The summed E-state index contributed by atoms with van der Waals surface area (Å²) in [5, 5.41) is 3.46. The summed E-state index contributed by atoms with van der Waals surface area (Å²) in [4.78, 5) is 0. The van der Waals surface area contributed by atoms with Gasteiger partial charge in [-0.05, 0) is 25.5 Å². The minimum atomic E-state index is 0.0872. The van der Waals surface area contributed by atoms with Gasteiger partial charge in [0.15, 0.2) is 0 Å². The van der Waals surface area contributed by atoms with Crippen LogP contribution in [0.3, 0.4) is 0 Å². The Balaban J connectivity index is 2.56. The Morgan fingerprint density at radius 2 is 2.15 bits per heavy atom. The molecule has 0 aromatic heterocycles. The predicted octanol–water partition coefficient (Wildman–Crippen LogP) is 2.03. The van der Waals surface area contributed by atoms with Crippen molar-refractivity contribution in [3.63, 3.8) is 0 Å². The van der Waals surface area contributed by atoms with E-state index < -0.39 is 0 Å². The molecule has 0 radical (unpaired) electrons. The van der Waals surface area contributed by atoms with Gasteiger partial charge in [0, 0.05) is 17.6 Å². The maximum absolute atomic E-state index is 5.31. The molecule has 1 aliphatic rings. The van der Waals surface area contributed by atoms with Crippen molar-refractivity contribution in [2.45, 2.75) is 25.9 Å². The smallest absolute Gasteiger partial charge is 0.123 e. The summed E-state index contributed by atoms with van der Waals surface area (Å²) in [6.45, 7) is 5.29. The van der Waals surface area contributed by atoms with Crippen LogP contribution < -0.4 is 10.1 Å². The first-order valence-electron chi connectivity index (χ1n) is 4.56. The molecule has 0 bridgehead atoms. The van der Waals surface area contributed by atoms with E-state index in [0.717, 1.165) is 12.3 Å². The highest BCUT2D eigenvalue weighted by atomic mass is 16.5. The Morgan fingerprint density at radius 3 is 2.85 bits per heavy atom. The predicted molar refractivity (Wildman–Crippen MR) is 52.9 cm³/mol. The second-order valence-electron chi connectivity index (χ2n) is 3.96. The van der Waals surface area contributed by atoms with Gasteiger partial charge in [-0.3, -0.25) is 0 Å². The molecule has 1 aromatic rings. The van der Waals surface area contributed by atoms with Crippen molar-refractivity contribution < 1.29 is 4.74 Å². The average molecular weight is 177 g/mol. The van der Waals surface area contributed by atoms with Crippen molar-refractivity contribution in [3.8, 4) is 5.75 Å². The van der Waals surface area contributed by atoms with Crippen LogP contribution in [-0.2, 0) is 12.1 Å². The lowest BCUT2D eigenvalue weighted by atomic mass is 9.94. The van der Waals surface area contributed by atoms with E-state index in [1.807, 2.05) is 12.1 Å². The first-order chi connectivity index (χ1) is 6.15. The molecule has 13 heavy (non-hydrogen) atoms. The third-order valence-corrected chi connectivity index (χ3v) is 2.73. The fourth-order valence-corrected chi connectivity index (χ4v) is 1.93. The first-order valence-corrected chi connectivity index (χ1v) is 4.56. The monoisotopic (exact) mass is 177 g/mol. The van der Waals surface area contributed by atoms with E-state index in [9.17, 15) is 0 Å². The highest BCUT2D eigenvalue weighted by Crippen LogP contribution is 2.35. The van der Waals surface area contributed by atoms with Crippen LogP contribution in [0.1, 0.15) is 25.0 Å². The van der Waals surface area contributed by atoms with Gasteiger partial charge in [-0.2, -0.15) is 0 Å². The quantitative estimate of drug-likeness (QED) is 0.708. The molecule has 2 nitrogen and oxygen atoms in total.